The summed E-state index contributed by atoms with van der Waals surface area (Å²) in [6.45, 7) is 5.09. The van der Waals surface area contributed by atoms with Crippen molar-refractivity contribution in [3.05, 3.63) is 29.3 Å². The van der Waals surface area contributed by atoms with Gasteiger partial charge in [0.25, 0.3) is 0 Å². The third-order valence-electron chi connectivity index (χ3n) is 2.82. The highest BCUT2D eigenvalue weighted by molar-refractivity contribution is 5.40. The van der Waals surface area contributed by atoms with Crippen molar-refractivity contribution in [3.63, 3.8) is 0 Å². The van der Waals surface area contributed by atoms with Crippen LogP contribution in [0.5, 0.6) is 5.75 Å². The van der Waals surface area contributed by atoms with Crippen LogP contribution in [0, 0.1) is 5.92 Å². The largest absolute Gasteiger partial charge is 0.493 e. The van der Waals surface area contributed by atoms with E-state index in [0.29, 0.717) is 5.92 Å². The third-order valence-corrected chi connectivity index (χ3v) is 2.82. The Labute approximate surface area is 91.4 Å². The molecule has 0 radical (unpaired) electrons. The minimum atomic E-state index is 0.235. The van der Waals surface area contributed by atoms with Gasteiger partial charge >= 0.3 is 0 Å². The van der Waals surface area contributed by atoms with Gasteiger partial charge in [-0.15, -0.1) is 0 Å². The molecule has 0 amide bonds. The molecule has 2 rings (SSSR count). The van der Waals surface area contributed by atoms with Crippen LogP contribution >= 0.6 is 0 Å². The van der Waals surface area contributed by atoms with Gasteiger partial charge in [0.05, 0.1) is 6.61 Å². The van der Waals surface area contributed by atoms with E-state index in [4.69, 9.17) is 10.5 Å². The fourth-order valence-corrected chi connectivity index (χ4v) is 1.98. The van der Waals surface area contributed by atoms with Gasteiger partial charge in [-0.25, -0.2) is 0 Å². The Kier molecular flexibility index (Phi) is 2.96. The van der Waals surface area contributed by atoms with Crippen LogP contribution in [0.3, 0.4) is 0 Å². The average Bonchev–Trinajstić information content (AvgIpc) is 2.57. The Morgan fingerprint density at radius 3 is 3.00 bits per heavy atom. The number of fused-ring (bicyclic) bond motifs is 1. The molecule has 2 N–H and O–H groups in total. The Bertz CT molecular complexity index is 346. The van der Waals surface area contributed by atoms with Crippen molar-refractivity contribution in [2.45, 2.75) is 32.7 Å². The summed E-state index contributed by atoms with van der Waals surface area (Å²) in [4.78, 5) is 0. The highest BCUT2D eigenvalue weighted by Crippen LogP contribution is 2.31. The van der Waals surface area contributed by atoms with Gasteiger partial charge in [-0.3, -0.25) is 0 Å². The lowest BCUT2D eigenvalue weighted by atomic mass is 10.1. The van der Waals surface area contributed by atoms with Gasteiger partial charge in [0.1, 0.15) is 5.75 Å². The highest BCUT2D eigenvalue weighted by Gasteiger charge is 2.18. The van der Waals surface area contributed by atoms with Crippen molar-refractivity contribution >= 4 is 0 Å². The molecule has 0 heterocycles. The van der Waals surface area contributed by atoms with Gasteiger partial charge < -0.3 is 10.5 Å². The topological polar surface area (TPSA) is 35.2 Å². The molecule has 0 bridgehead atoms. The first-order chi connectivity index (χ1) is 7.16. The molecule has 1 aliphatic carbocycles. The summed E-state index contributed by atoms with van der Waals surface area (Å²) < 4.78 is 5.69. The minimum Gasteiger partial charge on any atom is -0.493 e. The Morgan fingerprint density at radius 2 is 2.27 bits per heavy atom. The summed E-state index contributed by atoms with van der Waals surface area (Å²) in [5, 5.41) is 0. The molecule has 0 spiro atoms. The van der Waals surface area contributed by atoms with Gasteiger partial charge in [0.15, 0.2) is 0 Å². The van der Waals surface area contributed by atoms with Gasteiger partial charge in [0, 0.05) is 6.04 Å². The van der Waals surface area contributed by atoms with E-state index in [1.807, 2.05) is 6.07 Å². The van der Waals surface area contributed by atoms with Gasteiger partial charge in [-0.1, -0.05) is 19.9 Å². The van der Waals surface area contributed by atoms with E-state index in [0.717, 1.165) is 25.2 Å². The van der Waals surface area contributed by atoms with Crippen LogP contribution in [-0.4, -0.2) is 6.61 Å². The third kappa shape index (κ3) is 2.32. The summed E-state index contributed by atoms with van der Waals surface area (Å²) in [7, 11) is 0. The number of ether oxygens (including phenoxy) is 1. The zero-order valence-electron chi connectivity index (χ0n) is 9.49. The molecule has 82 valence electrons. The molecule has 0 saturated heterocycles. The molecule has 0 aromatic heterocycles. The number of benzene rings is 1. The quantitative estimate of drug-likeness (QED) is 0.823. The molecular formula is C13H19NO. The van der Waals surface area contributed by atoms with E-state index < -0.39 is 0 Å². The molecular weight excluding hydrogens is 186 g/mol. The van der Waals surface area contributed by atoms with Crippen molar-refractivity contribution in [1.82, 2.24) is 0 Å². The maximum Gasteiger partial charge on any atom is 0.119 e. The van der Waals surface area contributed by atoms with Crippen LogP contribution < -0.4 is 10.5 Å². The molecule has 1 aromatic rings. The van der Waals surface area contributed by atoms with Crippen LogP contribution in [0.25, 0.3) is 0 Å². The van der Waals surface area contributed by atoms with Crippen LogP contribution in [0.4, 0.5) is 0 Å². The molecule has 1 aromatic carbocycles. The summed E-state index contributed by atoms with van der Waals surface area (Å²) in [5.74, 6) is 1.55. The van der Waals surface area contributed by atoms with Crippen molar-refractivity contribution in [3.8, 4) is 5.75 Å². The monoisotopic (exact) mass is 205 g/mol. The maximum atomic E-state index is 5.98. The van der Waals surface area contributed by atoms with Crippen molar-refractivity contribution in [1.29, 1.82) is 0 Å². The second-order valence-electron chi connectivity index (χ2n) is 4.71. The Hall–Kier alpha value is -1.02. The normalized spacial score (nSPS) is 19.3. The highest BCUT2D eigenvalue weighted by atomic mass is 16.5. The molecule has 1 atom stereocenters. The predicted octanol–water partition coefficient (Wildman–Crippen LogP) is 2.67. The van der Waals surface area contributed by atoms with E-state index >= 15 is 0 Å². The molecule has 0 saturated carbocycles. The summed E-state index contributed by atoms with van der Waals surface area (Å²) >= 11 is 0. The standard InChI is InChI=1S/C13H19NO/c1-9(2)8-15-11-4-5-12-10(7-11)3-6-13(12)14/h4-5,7,9,13H,3,6,8,14H2,1-2H3/t13-/m0/s1. The van der Waals surface area contributed by atoms with Crippen LogP contribution in [0.2, 0.25) is 0 Å². The molecule has 1 aliphatic rings. The predicted molar refractivity (Wildman–Crippen MR) is 62.0 cm³/mol. The number of hydrogen-bond donors (Lipinski definition) is 1. The van der Waals surface area contributed by atoms with Crippen molar-refractivity contribution < 1.29 is 4.74 Å². The lowest BCUT2D eigenvalue weighted by Crippen LogP contribution is -2.06. The summed E-state index contributed by atoms with van der Waals surface area (Å²) in [6, 6.07) is 6.53. The van der Waals surface area contributed by atoms with E-state index in [9.17, 15) is 0 Å². The zero-order valence-corrected chi connectivity index (χ0v) is 9.49. The van der Waals surface area contributed by atoms with E-state index in [2.05, 4.69) is 26.0 Å². The Balaban J connectivity index is 2.09. The lowest BCUT2D eigenvalue weighted by Gasteiger charge is -2.10. The van der Waals surface area contributed by atoms with E-state index in [-0.39, 0.29) is 6.04 Å². The molecule has 0 unspecified atom stereocenters. The number of rotatable bonds is 3. The Morgan fingerprint density at radius 1 is 1.47 bits per heavy atom. The first kappa shape index (κ1) is 10.5. The first-order valence-electron chi connectivity index (χ1n) is 5.68. The first-order valence-corrected chi connectivity index (χ1v) is 5.68. The number of nitrogens with two attached hydrogens (primary N) is 1. The van der Waals surface area contributed by atoms with E-state index in [1.165, 1.54) is 11.1 Å². The van der Waals surface area contributed by atoms with Crippen LogP contribution in [0.15, 0.2) is 18.2 Å². The van der Waals surface area contributed by atoms with E-state index in [1.54, 1.807) is 0 Å². The van der Waals surface area contributed by atoms with Crippen molar-refractivity contribution in [2.24, 2.45) is 11.7 Å². The second kappa shape index (κ2) is 4.23. The van der Waals surface area contributed by atoms with Gasteiger partial charge in [-0.05, 0) is 42.0 Å². The van der Waals surface area contributed by atoms with Crippen LogP contribution in [0.1, 0.15) is 37.4 Å². The maximum absolute atomic E-state index is 5.98. The molecule has 0 aliphatic heterocycles. The smallest absolute Gasteiger partial charge is 0.119 e. The summed E-state index contributed by atoms with van der Waals surface area (Å²) in [5.41, 5.74) is 8.64. The SMILES string of the molecule is CC(C)COc1ccc2c(c1)CC[C@@H]2N. The van der Waals surface area contributed by atoms with Gasteiger partial charge in [-0.2, -0.15) is 0 Å². The lowest BCUT2D eigenvalue weighted by molar-refractivity contribution is 0.271. The summed E-state index contributed by atoms with van der Waals surface area (Å²) in [6.07, 6.45) is 2.17. The molecule has 2 heteroatoms. The van der Waals surface area contributed by atoms with Gasteiger partial charge in [0.2, 0.25) is 0 Å². The second-order valence-corrected chi connectivity index (χ2v) is 4.71. The van der Waals surface area contributed by atoms with Crippen molar-refractivity contribution in [2.75, 3.05) is 6.61 Å². The minimum absolute atomic E-state index is 0.235. The fraction of sp³-hybridized carbons (Fsp3) is 0.538. The number of aryl methyl sites for hydroxylation is 1. The molecule has 0 fully saturated rings. The number of hydrogen-bond acceptors (Lipinski definition) is 2. The molecule has 2 nitrogen and oxygen atoms in total. The average molecular weight is 205 g/mol. The molecule has 15 heavy (non-hydrogen) atoms. The van der Waals surface area contributed by atoms with Crippen LogP contribution in [-0.2, 0) is 6.42 Å². The fourth-order valence-electron chi connectivity index (χ4n) is 1.98. The zero-order chi connectivity index (χ0) is 10.8.